The Bertz CT molecular complexity index is 734. The molecule has 0 saturated heterocycles. The molecule has 2 aromatic carbocycles. The van der Waals surface area contributed by atoms with Crippen LogP contribution in [0.3, 0.4) is 0 Å². The van der Waals surface area contributed by atoms with Crippen LogP contribution in [-0.2, 0) is 16.6 Å². The fraction of sp³-hybridized carbons (Fsp3) is 0.250. The molecule has 7 heteroatoms. The summed E-state index contributed by atoms with van der Waals surface area (Å²) < 4.78 is 41.0. The molecule has 0 aromatic heterocycles. The maximum atomic E-state index is 14.1. The van der Waals surface area contributed by atoms with Crippen LogP contribution in [0.2, 0.25) is 5.02 Å². The second kappa shape index (κ2) is 7.88. The van der Waals surface area contributed by atoms with Gasteiger partial charge in [0.15, 0.2) is 0 Å². The van der Waals surface area contributed by atoms with Crippen molar-refractivity contribution in [3.8, 4) is 0 Å². The number of sulfonamides is 1. The van der Waals surface area contributed by atoms with Crippen LogP contribution in [0.25, 0.3) is 0 Å². The first-order valence-corrected chi connectivity index (χ1v) is 8.96. The Labute approximate surface area is 140 Å². The van der Waals surface area contributed by atoms with Crippen molar-refractivity contribution in [2.75, 3.05) is 13.1 Å². The van der Waals surface area contributed by atoms with Crippen molar-refractivity contribution in [2.24, 2.45) is 5.73 Å². The smallest absolute Gasteiger partial charge is 0.247 e. The molecule has 0 aliphatic heterocycles. The van der Waals surface area contributed by atoms with E-state index < -0.39 is 20.7 Å². The van der Waals surface area contributed by atoms with E-state index in [0.29, 0.717) is 13.0 Å². The average Bonchev–Trinajstić information content (AvgIpc) is 2.52. The summed E-state index contributed by atoms with van der Waals surface area (Å²) in [5.74, 6) is -0.858. The number of nitrogens with two attached hydrogens (primary N) is 1. The fourth-order valence-electron chi connectivity index (χ4n) is 2.20. The second-order valence-electron chi connectivity index (χ2n) is 5.02. The van der Waals surface area contributed by atoms with Crippen LogP contribution in [-0.4, -0.2) is 25.8 Å². The van der Waals surface area contributed by atoms with Gasteiger partial charge in [0.1, 0.15) is 10.7 Å². The van der Waals surface area contributed by atoms with Crippen LogP contribution in [0.1, 0.15) is 12.0 Å². The fourth-order valence-corrected chi connectivity index (χ4v) is 4.23. The van der Waals surface area contributed by atoms with E-state index >= 15 is 0 Å². The molecule has 2 aromatic rings. The zero-order valence-electron chi connectivity index (χ0n) is 12.5. The number of benzene rings is 2. The van der Waals surface area contributed by atoms with E-state index in [1.165, 1.54) is 16.4 Å². The highest BCUT2D eigenvalue weighted by Crippen LogP contribution is 2.28. The van der Waals surface area contributed by atoms with Crippen molar-refractivity contribution in [1.82, 2.24) is 4.31 Å². The molecule has 0 aliphatic carbocycles. The molecule has 0 fully saturated rings. The van der Waals surface area contributed by atoms with Gasteiger partial charge in [-0.05, 0) is 30.7 Å². The Morgan fingerprint density at radius 1 is 1.09 bits per heavy atom. The van der Waals surface area contributed by atoms with E-state index in [0.717, 1.165) is 11.6 Å². The van der Waals surface area contributed by atoms with Crippen LogP contribution < -0.4 is 5.73 Å². The quantitative estimate of drug-likeness (QED) is 0.829. The molecular formula is C16H18ClFN2O2S. The van der Waals surface area contributed by atoms with Gasteiger partial charge in [-0.15, -0.1) is 0 Å². The Hall–Kier alpha value is -1.47. The lowest BCUT2D eigenvalue weighted by atomic mass is 10.2. The number of hydrogen-bond acceptors (Lipinski definition) is 3. The average molecular weight is 357 g/mol. The van der Waals surface area contributed by atoms with Crippen LogP contribution in [0.4, 0.5) is 4.39 Å². The molecule has 0 heterocycles. The van der Waals surface area contributed by atoms with Gasteiger partial charge in [0.25, 0.3) is 0 Å². The lowest BCUT2D eigenvalue weighted by Crippen LogP contribution is -2.33. The van der Waals surface area contributed by atoms with Crippen LogP contribution in [0.5, 0.6) is 0 Å². The Kier molecular flexibility index (Phi) is 6.12. The highest BCUT2D eigenvalue weighted by atomic mass is 35.5. The van der Waals surface area contributed by atoms with Gasteiger partial charge in [-0.25, -0.2) is 12.8 Å². The lowest BCUT2D eigenvalue weighted by Gasteiger charge is -2.23. The SMILES string of the molecule is NCCCN(Cc1ccccc1)S(=O)(=O)c1c(F)cccc1Cl. The van der Waals surface area contributed by atoms with Crippen molar-refractivity contribution in [1.29, 1.82) is 0 Å². The number of hydrogen-bond donors (Lipinski definition) is 1. The standard InChI is InChI=1S/C16H18ClFN2O2S/c17-14-8-4-9-15(18)16(14)23(21,22)20(11-5-10-19)12-13-6-2-1-3-7-13/h1-4,6-9H,5,10-12,19H2. The molecule has 0 amide bonds. The van der Waals surface area contributed by atoms with Crippen molar-refractivity contribution in [3.05, 3.63) is 64.9 Å². The second-order valence-corrected chi connectivity index (χ2v) is 7.30. The first kappa shape index (κ1) is 17.9. The van der Waals surface area contributed by atoms with Crippen molar-refractivity contribution in [3.63, 3.8) is 0 Å². The Morgan fingerprint density at radius 3 is 2.39 bits per heavy atom. The van der Waals surface area contributed by atoms with E-state index in [1.54, 1.807) is 0 Å². The molecule has 0 aliphatic rings. The van der Waals surface area contributed by atoms with E-state index in [1.807, 2.05) is 30.3 Å². The van der Waals surface area contributed by atoms with E-state index in [-0.39, 0.29) is 18.1 Å². The van der Waals surface area contributed by atoms with Gasteiger partial charge in [-0.3, -0.25) is 0 Å². The molecule has 0 spiro atoms. The number of halogens is 2. The summed E-state index contributed by atoms with van der Waals surface area (Å²) in [4.78, 5) is -0.491. The zero-order chi connectivity index (χ0) is 16.9. The van der Waals surface area contributed by atoms with Gasteiger partial charge < -0.3 is 5.73 Å². The maximum Gasteiger partial charge on any atom is 0.247 e. The van der Waals surface area contributed by atoms with Crippen LogP contribution >= 0.6 is 11.6 Å². The normalized spacial score (nSPS) is 11.8. The van der Waals surface area contributed by atoms with Gasteiger partial charge in [-0.1, -0.05) is 48.0 Å². The van der Waals surface area contributed by atoms with Crippen molar-refractivity contribution < 1.29 is 12.8 Å². The summed E-state index contributed by atoms with van der Waals surface area (Å²) in [6.45, 7) is 0.665. The molecule has 0 unspecified atom stereocenters. The van der Waals surface area contributed by atoms with E-state index in [9.17, 15) is 12.8 Å². The summed E-state index contributed by atoms with van der Waals surface area (Å²) in [5.41, 5.74) is 6.30. The monoisotopic (exact) mass is 356 g/mol. The topological polar surface area (TPSA) is 63.4 Å². The third kappa shape index (κ3) is 4.29. The van der Waals surface area contributed by atoms with Crippen molar-refractivity contribution in [2.45, 2.75) is 17.9 Å². The summed E-state index contributed by atoms with van der Waals surface area (Å²) in [6, 6.07) is 12.9. The van der Waals surface area contributed by atoms with E-state index in [2.05, 4.69) is 0 Å². The molecular weight excluding hydrogens is 339 g/mol. The molecule has 0 atom stereocenters. The van der Waals surface area contributed by atoms with Gasteiger partial charge >= 0.3 is 0 Å². The Balaban J connectivity index is 2.41. The molecule has 0 radical (unpaired) electrons. The molecule has 2 rings (SSSR count). The predicted molar refractivity (Wildman–Crippen MR) is 89.1 cm³/mol. The largest absolute Gasteiger partial charge is 0.330 e. The minimum atomic E-state index is -4.06. The molecule has 2 N–H and O–H groups in total. The van der Waals surface area contributed by atoms with Crippen molar-refractivity contribution >= 4 is 21.6 Å². The maximum absolute atomic E-state index is 14.1. The minimum Gasteiger partial charge on any atom is -0.330 e. The minimum absolute atomic E-state index is 0.129. The van der Waals surface area contributed by atoms with Gasteiger partial charge in [0.2, 0.25) is 10.0 Å². The van der Waals surface area contributed by atoms with Gasteiger partial charge in [0, 0.05) is 13.1 Å². The summed E-state index contributed by atoms with van der Waals surface area (Å²) in [6.07, 6.45) is 0.470. The summed E-state index contributed by atoms with van der Waals surface area (Å²) in [7, 11) is -4.06. The molecule has 0 bridgehead atoms. The highest BCUT2D eigenvalue weighted by Gasteiger charge is 2.29. The van der Waals surface area contributed by atoms with E-state index in [4.69, 9.17) is 17.3 Å². The first-order chi connectivity index (χ1) is 11.0. The summed E-state index contributed by atoms with van der Waals surface area (Å²) >= 11 is 5.92. The third-order valence-electron chi connectivity index (χ3n) is 3.33. The number of nitrogens with zero attached hydrogens (tertiary/aromatic N) is 1. The van der Waals surface area contributed by atoms with Crippen LogP contribution in [0, 0.1) is 5.82 Å². The summed E-state index contributed by atoms with van der Waals surface area (Å²) in [5, 5.41) is -0.129. The van der Waals surface area contributed by atoms with Crippen LogP contribution in [0.15, 0.2) is 53.4 Å². The molecule has 23 heavy (non-hydrogen) atoms. The zero-order valence-corrected chi connectivity index (χ0v) is 14.0. The molecule has 124 valence electrons. The molecule has 0 saturated carbocycles. The lowest BCUT2D eigenvalue weighted by molar-refractivity contribution is 0.398. The highest BCUT2D eigenvalue weighted by molar-refractivity contribution is 7.89. The molecule has 4 nitrogen and oxygen atoms in total. The third-order valence-corrected chi connectivity index (χ3v) is 5.68. The number of rotatable bonds is 7. The van der Waals surface area contributed by atoms with Gasteiger partial charge in [0.05, 0.1) is 5.02 Å². The first-order valence-electron chi connectivity index (χ1n) is 7.15. The Morgan fingerprint density at radius 2 is 1.78 bits per heavy atom. The van der Waals surface area contributed by atoms with Gasteiger partial charge in [-0.2, -0.15) is 4.31 Å². The predicted octanol–water partition coefficient (Wildman–Crippen LogP) is 3.02.